The molecule has 1 heterocycles. The molecule has 1 amide bonds. The van der Waals surface area contributed by atoms with E-state index in [1.165, 1.54) is 18.1 Å². The van der Waals surface area contributed by atoms with Gasteiger partial charge in [-0.2, -0.15) is 0 Å². The van der Waals surface area contributed by atoms with Crippen LogP contribution in [-0.4, -0.2) is 18.5 Å². The Morgan fingerprint density at radius 2 is 2.08 bits per heavy atom. The van der Waals surface area contributed by atoms with Gasteiger partial charge in [0.2, 0.25) is 0 Å². The van der Waals surface area contributed by atoms with Gasteiger partial charge in [0.1, 0.15) is 18.2 Å². The first kappa shape index (κ1) is 16.6. The van der Waals surface area contributed by atoms with Crippen molar-refractivity contribution >= 4 is 17.6 Å². The highest BCUT2D eigenvalue weighted by molar-refractivity contribution is 5.98. The molecule has 2 aromatic carbocycles. The number of carbonyl (C=O) groups excluding carboxylic acids is 2. The summed E-state index contributed by atoms with van der Waals surface area (Å²) in [5.41, 5.74) is 2.18. The normalized spacial score (nSPS) is 16.1. The highest BCUT2D eigenvalue weighted by Gasteiger charge is 2.24. The number of anilines is 1. The summed E-state index contributed by atoms with van der Waals surface area (Å²) in [6.07, 6.45) is 3.50. The minimum absolute atomic E-state index is 0.0882. The number of fused-ring (bicyclic) bond motifs is 1. The molecule has 0 atom stereocenters. The van der Waals surface area contributed by atoms with Crippen molar-refractivity contribution in [3.8, 4) is 5.75 Å². The second-order valence-corrected chi connectivity index (χ2v) is 6.57. The minimum atomic E-state index is -0.770. The fourth-order valence-corrected chi connectivity index (χ4v) is 3.26. The highest BCUT2D eigenvalue weighted by atomic mass is 19.1. The maximum absolute atomic E-state index is 14.2. The van der Waals surface area contributed by atoms with Gasteiger partial charge in [0.25, 0.3) is 5.91 Å². The van der Waals surface area contributed by atoms with Crippen molar-refractivity contribution in [1.29, 1.82) is 0 Å². The van der Waals surface area contributed by atoms with Crippen LogP contribution in [-0.2, 0) is 16.1 Å². The summed E-state index contributed by atoms with van der Waals surface area (Å²) in [4.78, 5) is 23.7. The maximum Gasteiger partial charge on any atom is 0.341 e. The van der Waals surface area contributed by atoms with Gasteiger partial charge >= 0.3 is 5.97 Å². The van der Waals surface area contributed by atoms with Crippen molar-refractivity contribution < 1.29 is 23.5 Å². The van der Waals surface area contributed by atoms with Gasteiger partial charge in [0, 0.05) is 6.07 Å². The Morgan fingerprint density at radius 3 is 2.85 bits per heavy atom. The van der Waals surface area contributed by atoms with Crippen LogP contribution in [0.25, 0.3) is 0 Å². The number of ether oxygens (including phenoxy) is 2. The summed E-state index contributed by atoms with van der Waals surface area (Å²) in [6, 6.07) is 10.2. The summed E-state index contributed by atoms with van der Waals surface area (Å²) in [6.45, 7) is -0.0843. The molecule has 1 aliphatic carbocycles. The molecule has 6 heteroatoms. The van der Waals surface area contributed by atoms with Gasteiger partial charge in [0.05, 0.1) is 11.3 Å². The number of hydrogen-bond acceptors (Lipinski definition) is 4. The van der Waals surface area contributed by atoms with Crippen molar-refractivity contribution in [2.75, 3.05) is 11.9 Å². The first-order valence-corrected chi connectivity index (χ1v) is 8.63. The number of halogens is 1. The number of carbonyl (C=O) groups is 2. The van der Waals surface area contributed by atoms with E-state index in [1.807, 2.05) is 18.2 Å². The van der Waals surface area contributed by atoms with Gasteiger partial charge in [-0.3, -0.25) is 4.79 Å². The van der Waals surface area contributed by atoms with E-state index in [0.29, 0.717) is 5.92 Å². The predicted octanol–water partition coefficient (Wildman–Crippen LogP) is 3.78. The SMILES string of the molecule is O=C1COc2cc(F)c(C(=O)OCc3ccccc3C3CCC3)cc2N1. The maximum atomic E-state index is 14.2. The number of esters is 1. The van der Waals surface area contributed by atoms with E-state index in [1.54, 1.807) is 0 Å². The number of hydrogen-bond donors (Lipinski definition) is 1. The van der Waals surface area contributed by atoms with E-state index < -0.39 is 11.8 Å². The summed E-state index contributed by atoms with van der Waals surface area (Å²) in [5, 5.41) is 2.56. The topological polar surface area (TPSA) is 64.6 Å². The average Bonchev–Trinajstić information content (AvgIpc) is 2.59. The van der Waals surface area contributed by atoms with Gasteiger partial charge < -0.3 is 14.8 Å². The lowest BCUT2D eigenvalue weighted by Gasteiger charge is -2.27. The molecule has 0 spiro atoms. The quantitative estimate of drug-likeness (QED) is 0.848. The third-order valence-electron chi connectivity index (χ3n) is 4.88. The highest BCUT2D eigenvalue weighted by Crippen LogP contribution is 2.38. The van der Waals surface area contributed by atoms with Crippen molar-refractivity contribution in [3.63, 3.8) is 0 Å². The Kier molecular flexibility index (Phi) is 4.32. The molecule has 1 fully saturated rings. The summed E-state index contributed by atoms with van der Waals surface area (Å²) < 4.78 is 24.7. The van der Waals surface area contributed by atoms with Crippen LogP contribution in [0.1, 0.15) is 46.7 Å². The van der Waals surface area contributed by atoms with E-state index in [4.69, 9.17) is 9.47 Å². The fourth-order valence-electron chi connectivity index (χ4n) is 3.26. The van der Waals surface area contributed by atoms with Crippen LogP contribution in [0.2, 0.25) is 0 Å². The third-order valence-corrected chi connectivity index (χ3v) is 4.88. The number of nitrogens with one attached hydrogen (secondary N) is 1. The largest absolute Gasteiger partial charge is 0.481 e. The second kappa shape index (κ2) is 6.78. The van der Waals surface area contributed by atoms with Gasteiger partial charge in [-0.1, -0.05) is 30.7 Å². The Labute approximate surface area is 150 Å². The molecular formula is C20H18FNO4. The molecule has 0 bridgehead atoms. The molecule has 2 aliphatic rings. The van der Waals surface area contributed by atoms with Crippen LogP contribution in [0.3, 0.4) is 0 Å². The summed E-state index contributed by atoms with van der Waals surface area (Å²) in [5.74, 6) is -1.14. The van der Waals surface area contributed by atoms with Crippen LogP contribution in [0.4, 0.5) is 10.1 Å². The zero-order valence-corrected chi connectivity index (χ0v) is 14.1. The molecule has 5 nitrogen and oxygen atoms in total. The molecule has 0 unspecified atom stereocenters. The standard InChI is InChI=1S/C20H18FNO4/c21-16-9-18-17(22-19(23)11-25-18)8-15(16)20(24)26-10-13-4-1-2-7-14(13)12-5-3-6-12/h1-2,4,7-9,12H,3,5-6,10-11H2,(H,22,23). The van der Waals surface area contributed by atoms with E-state index in [2.05, 4.69) is 11.4 Å². The molecule has 26 heavy (non-hydrogen) atoms. The zero-order valence-electron chi connectivity index (χ0n) is 14.1. The Bertz CT molecular complexity index is 876. The lowest BCUT2D eigenvalue weighted by atomic mass is 9.78. The van der Waals surface area contributed by atoms with Gasteiger partial charge in [-0.15, -0.1) is 0 Å². The molecule has 134 valence electrons. The molecule has 0 saturated heterocycles. The van der Waals surface area contributed by atoms with Gasteiger partial charge in [-0.25, -0.2) is 9.18 Å². The van der Waals surface area contributed by atoms with Gasteiger partial charge in [-0.05, 0) is 36.0 Å². The van der Waals surface area contributed by atoms with Crippen molar-refractivity contribution in [3.05, 3.63) is 58.9 Å². The minimum Gasteiger partial charge on any atom is -0.481 e. The number of benzene rings is 2. The van der Waals surface area contributed by atoms with Crippen molar-refractivity contribution in [1.82, 2.24) is 0 Å². The van der Waals surface area contributed by atoms with Gasteiger partial charge in [0.15, 0.2) is 6.61 Å². The van der Waals surface area contributed by atoms with Crippen molar-refractivity contribution in [2.45, 2.75) is 31.8 Å². The zero-order chi connectivity index (χ0) is 18.1. The van der Waals surface area contributed by atoms with Crippen LogP contribution in [0.5, 0.6) is 5.75 Å². The van der Waals surface area contributed by atoms with E-state index in [0.717, 1.165) is 24.5 Å². The summed E-state index contributed by atoms with van der Waals surface area (Å²) in [7, 11) is 0. The molecular weight excluding hydrogens is 337 g/mol. The Hall–Kier alpha value is -2.89. The fraction of sp³-hybridized carbons (Fsp3) is 0.300. The smallest absolute Gasteiger partial charge is 0.341 e. The van der Waals surface area contributed by atoms with Crippen LogP contribution in [0.15, 0.2) is 36.4 Å². The lowest BCUT2D eigenvalue weighted by Crippen LogP contribution is -2.26. The Balaban J connectivity index is 1.51. The third kappa shape index (κ3) is 3.14. The number of rotatable bonds is 4. The van der Waals surface area contributed by atoms with Crippen LogP contribution < -0.4 is 10.1 Å². The van der Waals surface area contributed by atoms with E-state index >= 15 is 0 Å². The summed E-state index contributed by atoms with van der Waals surface area (Å²) >= 11 is 0. The lowest BCUT2D eigenvalue weighted by molar-refractivity contribution is -0.118. The molecule has 0 radical (unpaired) electrons. The Morgan fingerprint density at radius 1 is 1.27 bits per heavy atom. The molecule has 4 rings (SSSR count). The van der Waals surface area contributed by atoms with E-state index in [-0.39, 0.29) is 36.1 Å². The first-order valence-electron chi connectivity index (χ1n) is 8.63. The molecule has 0 aromatic heterocycles. The van der Waals surface area contributed by atoms with E-state index in [9.17, 15) is 14.0 Å². The number of amides is 1. The average molecular weight is 355 g/mol. The van der Waals surface area contributed by atoms with Crippen molar-refractivity contribution in [2.24, 2.45) is 0 Å². The molecule has 1 aliphatic heterocycles. The monoisotopic (exact) mass is 355 g/mol. The molecule has 1 saturated carbocycles. The predicted molar refractivity (Wildman–Crippen MR) is 92.7 cm³/mol. The van der Waals surface area contributed by atoms with Crippen LogP contribution in [0, 0.1) is 5.82 Å². The first-order chi connectivity index (χ1) is 12.6. The molecule has 2 aromatic rings. The van der Waals surface area contributed by atoms with Crippen LogP contribution >= 0.6 is 0 Å². The second-order valence-electron chi connectivity index (χ2n) is 6.57. The molecule has 1 N–H and O–H groups in total.